The Balaban J connectivity index is 0.00000264. The molecule has 0 saturated heterocycles. The molecule has 7 heteroatoms. The number of amides is 2. The Kier molecular flexibility index (Phi) is 7.32. The highest BCUT2D eigenvalue weighted by molar-refractivity contribution is 5.90. The van der Waals surface area contributed by atoms with E-state index in [4.69, 9.17) is 10.5 Å². The van der Waals surface area contributed by atoms with Crippen molar-refractivity contribution in [1.29, 1.82) is 0 Å². The molecular weight excluding hydrogens is 318 g/mol. The first kappa shape index (κ1) is 19.3. The lowest BCUT2D eigenvalue weighted by Gasteiger charge is -2.21. The maximum Gasteiger partial charge on any atom is 0.240 e. The van der Waals surface area contributed by atoms with E-state index in [1.807, 2.05) is 24.3 Å². The van der Waals surface area contributed by atoms with Crippen molar-refractivity contribution < 1.29 is 14.3 Å². The molecule has 2 rings (SSSR count). The molecule has 0 atom stereocenters. The fourth-order valence-corrected chi connectivity index (χ4v) is 2.58. The molecule has 1 aromatic rings. The lowest BCUT2D eigenvalue weighted by molar-refractivity contribution is -0.129. The maximum atomic E-state index is 12.0. The van der Waals surface area contributed by atoms with Gasteiger partial charge in [-0.15, -0.1) is 12.4 Å². The Morgan fingerprint density at radius 2 is 1.78 bits per heavy atom. The number of benzene rings is 1. The summed E-state index contributed by atoms with van der Waals surface area (Å²) in [4.78, 5) is 23.8. The molecule has 2 amide bonds. The van der Waals surface area contributed by atoms with Gasteiger partial charge in [-0.2, -0.15) is 0 Å². The van der Waals surface area contributed by atoms with Crippen LogP contribution in [0.4, 0.5) is 0 Å². The Bertz CT molecular complexity index is 528. The first-order chi connectivity index (χ1) is 10.5. The second-order valence-corrected chi connectivity index (χ2v) is 5.67. The van der Waals surface area contributed by atoms with E-state index in [1.165, 1.54) is 0 Å². The molecule has 0 unspecified atom stereocenters. The van der Waals surface area contributed by atoms with E-state index in [2.05, 4.69) is 10.6 Å². The molecule has 1 aliphatic carbocycles. The maximum absolute atomic E-state index is 12.0. The normalized spacial score (nSPS) is 15.4. The minimum atomic E-state index is -0.795. The molecule has 23 heavy (non-hydrogen) atoms. The van der Waals surface area contributed by atoms with Crippen molar-refractivity contribution in [1.82, 2.24) is 10.6 Å². The van der Waals surface area contributed by atoms with Crippen molar-refractivity contribution in [2.75, 3.05) is 13.7 Å². The molecule has 4 N–H and O–H groups in total. The molecule has 0 bridgehead atoms. The van der Waals surface area contributed by atoms with Crippen LogP contribution in [-0.4, -0.2) is 31.0 Å². The van der Waals surface area contributed by atoms with Gasteiger partial charge in [0.1, 0.15) is 5.75 Å². The summed E-state index contributed by atoms with van der Waals surface area (Å²) < 4.78 is 5.07. The average molecular weight is 342 g/mol. The summed E-state index contributed by atoms with van der Waals surface area (Å²) in [6.07, 6.45) is 3.31. The lowest BCUT2D eigenvalue weighted by atomic mass is 9.98. The molecule has 0 aromatic heterocycles. The largest absolute Gasteiger partial charge is 0.497 e. The monoisotopic (exact) mass is 341 g/mol. The van der Waals surface area contributed by atoms with Crippen LogP contribution in [0.15, 0.2) is 24.3 Å². The third-order valence-electron chi connectivity index (χ3n) is 4.01. The first-order valence-electron chi connectivity index (χ1n) is 7.50. The van der Waals surface area contributed by atoms with Gasteiger partial charge in [0.25, 0.3) is 0 Å². The molecule has 1 fully saturated rings. The van der Waals surface area contributed by atoms with Crippen molar-refractivity contribution in [3.8, 4) is 5.75 Å². The number of halogens is 1. The SMILES string of the molecule is COc1ccc(CNC(=O)CNC(=O)C2(N)CCCC2)cc1.Cl. The molecule has 1 aromatic carbocycles. The number of hydrogen-bond acceptors (Lipinski definition) is 4. The fourth-order valence-electron chi connectivity index (χ4n) is 2.58. The second kappa shape index (κ2) is 8.74. The zero-order chi connectivity index (χ0) is 16.0. The fraction of sp³-hybridized carbons (Fsp3) is 0.500. The minimum Gasteiger partial charge on any atom is -0.497 e. The van der Waals surface area contributed by atoms with E-state index >= 15 is 0 Å². The van der Waals surface area contributed by atoms with E-state index in [0.717, 1.165) is 24.2 Å². The summed E-state index contributed by atoms with van der Waals surface area (Å²) in [6.45, 7) is 0.362. The Hall–Kier alpha value is -1.79. The zero-order valence-electron chi connectivity index (χ0n) is 13.3. The zero-order valence-corrected chi connectivity index (χ0v) is 14.1. The topological polar surface area (TPSA) is 93.5 Å². The second-order valence-electron chi connectivity index (χ2n) is 5.67. The predicted molar refractivity (Wildman–Crippen MR) is 90.5 cm³/mol. The predicted octanol–water partition coefficient (Wildman–Crippen LogP) is 1.12. The molecule has 0 aliphatic heterocycles. The van der Waals surface area contributed by atoms with Crippen LogP contribution in [0.3, 0.4) is 0 Å². The minimum absolute atomic E-state index is 0. The van der Waals surface area contributed by atoms with Gasteiger partial charge in [-0.25, -0.2) is 0 Å². The summed E-state index contributed by atoms with van der Waals surface area (Å²) in [7, 11) is 1.61. The van der Waals surface area contributed by atoms with Gasteiger partial charge in [0.05, 0.1) is 19.2 Å². The number of carbonyl (C=O) groups is 2. The van der Waals surface area contributed by atoms with Crippen molar-refractivity contribution in [2.45, 2.75) is 37.8 Å². The molecule has 128 valence electrons. The number of hydrogen-bond donors (Lipinski definition) is 3. The van der Waals surface area contributed by atoms with Crippen LogP contribution < -0.4 is 21.1 Å². The third kappa shape index (κ3) is 5.41. The van der Waals surface area contributed by atoms with Crippen LogP contribution in [-0.2, 0) is 16.1 Å². The van der Waals surface area contributed by atoms with Crippen LogP contribution in [0.1, 0.15) is 31.2 Å². The Labute approximate surface area is 142 Å². The summed E-state index contributed by atoms with van der Waals surface area (Å²) >= 11 is 0. The number of nitrogens with two attached hydrogens (primary N) is 1. The molecule has 0 spiro atoms. The van der Waals surface area contributed by atoms with Crippen molar-refractivity contribution in [2.24, 2.45) is 5.73 Å². The lowest BCUT2D eigenvalue weighted by Crippen LogP contribution is -2.53. The first-order valence-corrected chi connectivity index (χ1v) is 7.50. The van der Waals surface area contributed by atoms with Crippen LogP contribution in [0.2, 0.25) is 0 Å². The standard InChI is InChI=1S/C16H23N3O3.ClH/c1-22-13-6-4-12(5-7-13)10-18-14(20)11-19-15(21)16(17)8-2-3-9-16;/h4-7H,2-3,8-11,17H2,1H3,(H,18,20)(H,19,21);1H. The van der Waals surface area contributed by atoms with Gasteiger partial charge in [-0.1, -0.05) is 25.0 Å². The number of methoxy groups -OCH3 is 1. The average Bonchev–Trinajstić information content (AvgIpc) is 2.99. The van der Waals surface area contributed by atoms with E-state index in [1.54, 1.807) is 7.11 Å². The number of nitrogens with one attached hydrogen (secondary N) is 2. The Morgan fingerprint density at radius 3 is 2.35 bits per heavy atom. The van der Waals surface area contributed by atoms with Gasteiger partial charge >= 0.3 is 0 Å². The van der Waals surface area contributed by atoms with E-state index in [9.17, 15) is 9.59 Å². The smallest absolute Gasteiger partial charge is 0.240 e. The van der Waals surface area contributed by atoms with E-state index < -0.39 is 5.54 Å². The van der Waals surface area contributed by atoms with E-state index in [-0.39, 0.29) is 30.8 Å². The third-order valence-corrected chi connectivity index (χ3v) is 4.01. The molecular formula is C16H24ClN3O3. The van der Waals surface area contributed by atoms with Crippen molar-refractivity contribution in [3.63, 3.8) is 0 Å². The number of ether oxygens (including phenoxy) is 1. The van der Waals surface area contributed by atoms with Crippen LogP contribution in [0, 0.1) is 0 Å². The van der Waals surface area contributed by atoms with Gasteiger partial charge in [-0.05, 0) is 30.5 Å². The summed E-state index contributed by atoms with van der Waals surface area (Å²) in [5, 5.41) is 5.38. The van der Waals surface area contributed by atoms with Crippen LogP contribution in [0.5, 0.6) is 5.75 Å². The van der Waals surface area contributed by atoms with Crippen LogP contribution in [0.25, 0.3) is 0 Å². The highest BCUT2D eigenvalue weighted by atomic mass is 35.5. The quantitative estimate of drug-likeness (QED) is 0.722. The molecule has 0 heterocycles. The Morgan fingerprint density at radius 1 is 1.17 bits per heavy atom. The van der Waals surface area contributed by atoms with Gasteiger partial charge < -0.3 is 21.1 Å². The highest BCUT2D eigenvalue weighted by Gasteiger charge is 2.36. The van der Waals surface area contributed by atoms with Crippen molar-refractivity contribution >= 4 is 24.2 Å². The number of carbonyl (C=O) groups excluding carboxylic acids is 2. The summed E-state index contributed by atoms with van der Waals surface area (Å²) in [5.74, 6) is 0.308. The van der Waals surface area contributed by atoms with Gasteiger partial charge in [-0.3, -0.25) is 9.59 Å². The van der Waals surface area contributed by atoms with E-state index in [0.29, 0.717) is 19.4 Å². The van der Waals surface area contributed by atoms with Gasteiger partial charge in [0.2, 0.25) is 11.8 Å². The highest BCUT2D eigenvalue weighted by Crippen LogP contribution is 2.27. The van der Waals surface area contributed by atoms with Gasteiger partial charge in [0.15, 0.2) is 0 Å². The molecule has 1 aliphatic rings. The molecule has 1 saturated carbocycles. The van der Waals surface area contributed by atoms with Crippen molar-refractivity contribution in [3.05, 3.63) is 29.8 Å². The van der Waals surface area contributed by atoms with Gasteiger partial charge in [0, 0.05) is 6.54 Å². The molecule has 0 radical (unpaired) electrons. The van der Waals surface area contributed by atoms with Crippen LogP contribution >= 0.6 is 12.4 Å². The number of rotatable bonds is 6. The summed E-state index contributed by atoms with van der Waals surface area (Å²) in [6, 6.07) is 7.43. The molecule has 6 nitrogen and oxygen atoms in total. The summed E-state index contributed by atoms with van der Waals surface area (Å²) in [5.41, 5.74) is 6.19.